The second-order valence-electron chi connectivity index (χ2n) is 11.9. The monoisotopic (exact) mass is 600 g/mol. The number of carbonyl (C=O) groups excluding carboxylic acids is 2. The van der Waals surface area contributed by atoms with E-state index in [4.69, 9.17) is 0 Å². The Balaban J connectivity index is 1.71. The van der Waals surface area contributed by atoms with E-state index in [1.165, 1.54) is 31.4 Å². The number of likely N-dealkylation sites (tertiary alicyclic amines) is 1. The van der Waals surface area contributed by atoms with E-state index in [1.807, 2.05) is 20.8 Å². The first kappa shape index (κ1) is 34.6. The van der Waals surface area contributed by atoms with E-state index in [2.05, 4.69) is 22.5 Å². The number of rotatable bonds is 16. The molecule has 1 aliphatic heterocycles. The highest BCUT2D eigenvalue weighted by molar-refractivity contribution is 6.00. The molecule has 2 amide bonds. The zero-order valence-electron chi connectivity index (χ0n) is 26.3. The van der Waals surface area contributed by atoms with Gasteiger partial charge < -0.3 is 25.5 Å². The third kappa shape index (κ3) is 11.0. The van der Waals surface area contributed by atoms with Crippen LogP contribution >= 0.6 is 0 Å². The second-order valence-corrected chi connectivity index (χ2v) is 11.9. The highest BCUT2D eigenvalue weighted by Gasteiger charge is 2.25. The molecular formula is C34H50F2N4O3. The number of hydrogen-bond donors (Lipinski definition) is 3. The van der Waals surface area contributed by atoms with Gasteiger partial charge in [-0.2, -0.15) is 0 Å². The van der Waals surface area contributed by atoms with Crippen molar-refractivity contribution in [2.24, 2.45) is 0 Å². The molecule has 2 aromatic carbocycles. The molecule has 0 bridgehead atoms. The van der Waals surface area contributed by atoms with E-state index in [1.54, 1.807) is 23.1 Å². The Morgan fingerprint density at radius 1 is 1.02 bits per heavy atom. The third-order valence-electron chi connectivity index (χ3n) is 8.11. The first-order chi connectivity index (χ1) is 20.6. The molecule has 3 N–H and O–H groups in total. The Morgan fingerprint density at radius 2 is 1.70 bits per heavy atom. The summed E-state index contributed by atoms with van der Waals surface area (Å²) in [5.41, 5.74) is 1.82. The minimum absolute atomic E-state index is 0.0347. The van der Waals surface area contributed by atoms with Crippen LogP contribution in [0.4, 0.5) is 8.78 Å². The lowest BCUT2D eigenvalue weighted by molar-refractivity contribution is 0.0755. The summed E-state index contributed by atoms with van der Waals surface area (Å²) in [6, 6.07) is 8.03. The molecule has 3 atom stereocenters. The fourth-order valence-electron chi connectivity index (χ4n) is 5.88. The van der Waals surface area contributed by atoms with Gasteiger partial charge in [-0.1, -0.05) is 20.3 Å². The Hall–Kier alpha value is -2.88. The SMILES string of the molecule is CCCN(CCC)C(=O)c1cc(C)cc(C(=O)N[C@@H](Cc2cc(F)cc(F)c2)[C@H](O)CNCCCN2CCCCC2C)c1. The van der Waals surface area contributed by atoms with Gasteiger partial charge in [0.2, 0.25) is 0 Å². The van der Waals surface area contributed by atoms with E-state index >= 15 is 0 Å². The number of aliphatic hydroxyl groups is 1. The van der Waals surface area contributed by atoms with Gasteiger partial charge in [0.25, 0.3) is 11.8 Å². The minimum Gasteiger partial charge on any atom is -0.390 e. The summed E-state index contributed by atoms with van der Waals surface area (Å²) in [5, 5.41) is 17.3. The summed E-state index contributed by atoms with van der Waals surface area (Å²) in [6.07, 6.45) is 5.34. The van der Waals surface area contributed by atoms with Crippen LogP contribution in [0.1, 0.15) is 91.1 Å². The van der Waals surface area contributed by atoms with Gasteiger partial charge in [0.05, 0.1) is 12.1 Å². The zero-order valence-corrected chi connectivity index (χ0v) is 26.3. The van der Waals surface area contributed by atoms with Gasteiger partial charge in [-0.15, -0.1) is 0 Å². The maximum Gasteiger partial charge on any atom is 0.253 e. The number of aryl methyl sites for hydroxylation is 1. The Labute approximate surface area is 256 Å². The van der Waals surface area contributed by atoms with Gasteiger partial charge in [0.1, 0.15) is 11.6 Å². The quantitative estimate of drug-likeness (QED) is 0.234. The number of piperidine rings is 1. The van der Waals surface area contributed by atoms with Crippen molar-refractivity contribution in [1.82, 2.24) is 20.4 Å². The number of nitrogens with one attached hydrogen (secondary N) is 2. The number of nitrogens with zero attached hydrogens (tertiary/aromatic N) is 2. The summed E-state index contributed by atoms with van der Waals surface area (Å²) >= 11 is 0. The summed E-state index contributed by atoms with van der Waals surface area (Å²) in [4.78, 5) is 31.0. The molecule has 0 radical (unpaired) electrons. The van der Waals surface area contributed by atoms with Gasteiger partial charge in [-0.25, -0.2) is 8.78 Å². The molecular weight excluding hydrogens is 550 g/mol. The van der Waals surface area contributed by atoms with Crippen LogP contribution in [0, 0.1) is 18.6 Å². The molecule has 0 saturated carbocycles. The summed E-state index contributed by atoms with van der Waals surface area (Å²) in [6.45, 7) is 12.4. The van der Waals surface area contributed by atoms with Gasteiger partial charge in [-0.05, 0) is 113 Å². The number of carbonyl (C=O) groups is 2. The highest BCUT2D eigenvalue weighted by Crippen LogP contribution is 2.17. The maximum atomic E-state index is 14.0. The van der Waals surface area contributed by atoms with Crippen LogP contribution < -0.4 is 10.6 Å². The van der Waals surface area contributed by atoms with Crippen molar-refractivity contribution in [3.63, 3.8) is 0 Å². The number of halogens is 2. The molecule has 1 aliphatic rings. The summed E-state index contributed by atoms with van der Waals surface area (Å²) < 4.78 is 27.9. The van der Waals surface area contributed by atoms with Gasteiger partial charge >= 0.3 is 0 Å². The Kier molecular flexibility index (Phi) is 14.0. The molecule has 0 spiro atoms. The van der Waals surface area contributed by atoms with Crippen LogP contribution in [0.15, 0.2) is 36.4 Å². The summed E-state index contributed by atoms with van der Waals surface area (Å²) in [5.74, 6) is -2.03. The average Bonchev–Trinajstić information content (AvgIpc) is 2.96. The van der Waals surface area contributed by atoms with E-state index < -0.39 is 29.7 Å². The van der Waals surface area contributed by atoms with Crippen molar-refractivity contribution in [2.75, 3.05) is 39.3 Å². The number of benzene rings is 2. The molecule has 0 aliphatic carbocycles. The predicted molar refractivity (Wildman–Crippen MR) is 167 cm³/mol. The van der Waals surface area contributed by atoms with E-state index in [9.17, 15) is 23.5 Å². The fraction of sp³-hybridized carbons (Fsp3) is 0.588. The highest BCUT2D eigenvalue weighted by atomic mass is 19.1. The van der Waals surface area contributed by atoms with Crippen molar-refractivity contribution in [3.05, 3.63) is 70.3 Å². The van der Waals surface area contributed by atoms with E-state index in [-0.39, 0.29) is 18.9 Å². The molecule has 1 unspecified atom stereocenters. The van der Waals surface area contributed by atoms with Crippen molar-refractivity contribution >= 4 is 11.8 Å². The zero-order chi connectivity index (χ0) is 31.4. The standard InChI is InChI=1S/C34H50F2N4O3/c1-5-12-40(13-6-2)34(43)28-17-24(3)16-27(21-28)33(42)38-31(20-26-18-29(35)22-30(36)19-26)32(41)23-37-11-9-15-39-14-8-7-10-25(39)4/h16-19,21-22,25,31-32,37,41H,5-15,20,23H2,1-4H3,(H,38,42)/t25?,31-,32+/m0/s1. The molecule has 3 rings (SSSR count). The molecule has 1 fully saturated rings. The normalized spacial score (nSPS) is 17.0. The van der Waals surface area contributed by atoms with E-state index in [0.29, 0.717) is 42.4 Å². The molecule has 2 aromatic rings. The van der Waals surface area contributed by atoms with Crippen molar-refractivity contribution in [1.29, 1.82) is 0 Å². The molecule has 1 saturated heterocycles. The minimum atomic E-state index is -1.01. The lowest BCUT2D eigenvalue weighted by atomic mass is 9.99. The van der Waals surface area contributed by atoms with Gasteiger partial charge in [0.15, 0.2) is 0 Å². The van der Waals surface area contributed by atoms with Crippen LogP contribution in [0.3, 0.4) is 0 Å². The van der Waals surface area contributed by atoms with Crippen LogP contribution in [0.25, 0.3) is 0 Å². The summed E-state index contributed by atoms with van der Waals surface area (Å²) in [7, 11) is 0. The second kappa shape index (κ2) is 17.4. The topological polar surface area (TPSA) is 84.9 Å². The van der Waals surface area contributed by atoms with Crippen LogP contribution in [0.2, 0.25) is 0 Å². The average molecular weight is 601 g/mol. The first-order valence-corrected chi connectivity index (χ1v) is 15.9. The molecule has 0 aromatic heterocycles. The van der Waals surface area contributed by atoms with Crippen molar-refractivity contribution in [2.45, 2.75) is 90.8 Å². The van der Waals surface area contributed by atoms with E-state index in [0.717, 1.165) is 44.0 Å². The molecule has 9 heteroatoms. The van der Waals surface area contributed by atoms with Crippen LogP contribution in [-0.2, 0) is 6.42 Å². The predicted octanol–water partition coefficient (Wildman–Crippen LogP) is 5.09. The molecule has 1 heterocycles. The smallest absolute Gasteiger partial charge is 0.253 e. The fourth-order valence-corrected chi connectivity index (χ4v) is 5.88. The Morgan fingerprint density at radius 3 is 2.35 bits per heavy atom. The lowest BCUT2D eigenvalue weighted by Crippen LogP contribution is -2.49. The van der Waals surface area contributed by atoms with Crippen LogP contribution in [0.5, 0.6) is 0 Å². The molecule has 43 heavy (non-hydrogen) atoms. The van der Waals surface area contributed by atoms with Crippen LogP contribution in [-0.4, -0.2) is 84.2 Å². The van der Waals surface area contributed by atoms with Crippen molar-refractivity contribution in [3.8, 4) is 0 Å². The van der Waals surface area contributed by atoms with Gasteiger partial charge in [0, 0.05) is 42.9 Å². The maximum absolute atomic E-state index is 14.0. The number of amides is 2. The van der Waals surface area contributed by atoms with Crippen molar-refractivity contribution < 1.29 is 23.5 Å². The first-order valence-electron chi connectivity index (χ1n) is 15.9. The number of aliphatic hydroxyl groups excluding tert-OH is 1. The number of hydrogen-bond acceptors (Lipinski definition) is 5. The van der Waals surface area contributed by atoms with Gasteiger partial charge in [-0.3, -0.25) is 9.59 Å². The third-order valence-corrected chi connectivity index (χ3v) is 8.11. The Bertz CT molecular complexity index is 1170. The lowest BCUT2D eigenvalue weighted by Gasteiger charge is -2.33. The largest absolute Gasteiger partial charge is 0.390 e. The molecule has 238 valence electrons. The molecule has 7 nitrogen and oxygen atoms in total.